The maximum Gasteiger partial charge on any atom is 0.416 e. The summed E-state index contributed by atoms with van der Waals surface area (Å²) in [6.45, 7) is 3.48. The van der Waals surface area contributed by atoms with Crippen LogP contribution >= 0.6 is 0 Å². The van der Waals surface area contributed by atoms with E-state index in [-0.39, 0.29) is 17.6 Å². The number of carbonyl (C=O) groups is 1. The van der Waals surface area contributed by atoms with Gasteiger partial charge in [0.2, 0.25) is 0 Å². The van der Waals surface area contributed by atoms with Crippen molar-refractivity contribution >= 4 is 17.7 Å². The van der Waals surface area contributed by atoms with E-state index in [0.717, 1.165) is 12.1 Å². The molecule has 0 aliphatic heterocycles. The van der Waals surface area contributed by atoms with Crippen LogP contribution in [-0.2, 0) is 6.18 Å². The Labute approximate surface area is 145 Å². The SMILES string of the molecule is Cc1cc(-c2nnc(NC(=O)Nc3cccc(C(F)(F)F)c3)o2)c(C)o1. The number of anilines is 2. The monoisotopic (exact) mass is 366 g/mol. The van der Waals surface area contributed by atoms with E-state index in [4.69, 9.17) is 8.83 Å². The molecule has 10 heteroatoms. The van der Waals surface area contributed by atoms with E-state index in [0.29, 0.717) is 17.1 Å². The Kier molecular flexibility index (Phi) is 4.41. The summed E-state index contributed by atoms with van der Waals surface area (Å²) >= 11 is 0. The van der Waals surface area contributed by atoms with E-state index in [2.05, 4.69) is 20.8 Å². The van der Waals surface area contributed by atoms with Crippen LogP contribution < -0.4 is 10.6 Å². The van der Waals surface area contributed by atoms with Gasteiger partial charge in [-0.3, -0.25) is 5.32 Å². The molecule has 0 fully saturated rings. The van der Waals surface area contributed by atoms with Crippen molar-refractivity contribution in [3.05, 3.63) is 47.4 Å². The summed E-state index contributed by atoms with van der Waals surface area (Å²) in [5.74, 6) is 1.38. The van der Waals surface area contributed by atoms with Gasteiger partial charge in [0.25, 0.3) is 5.89 Å². The zero-order valence-corrected chi connectivity index (χ0v) is 13.6. The molecule has 0 saturated heterocycles. The number of carbonyl (C=O) groups excluding carboxylic acids is 1. The molecule has 3 aromatic rings. The Hall–Kier alpha value is -3.30. The molecule has 2 heterocycles. The van der Waals surface area contributed by atoms with Crippen molar-refractivity contribution in [2.45, 2.75) is 20.0 Å². The summed E-state index contributed by atoms with van der Waals surface area (Å²) in [5.41, 5.74) is -0.319. The first-order chi connectivity index (χ1) is 12.2. The molecule has 2 N–H and O–H groups in total. The molecule has 0 aliphatic rings. The highest BCUT2D eigenvalue weighted by atomic mass is 19.4. The lowest BCUT2D eigenvalue weighted by Crippen LogP contribution is -2.20. The molecule has 7 nitrogen and oxygen atoms in total. The maximum absolute atomic E-state index is 12.7. The van der Waals surface area contributed by atoms with Gasteiger partial charge in [-0.2, -0.15) is 13.2 Å². The van der Waals surface area contributed by atoms with Crippen molar-refractivity contribution in [1.82, 2.24) is 10.2 Å². The van der Waals surface area contributed by atoms with E-state index in [1.54, 1.807) is 19.9 Å². The quantitative estimate of drug-likeness (QED) is 0.706. The van der Waals surface area contributed by atoms with Crippen LogP contribution in [-0.4, -0.2) is 16.2 Å². The predicted octanol–water partition coefficient (Wildman–Crippen LogP) is 4.61. The Bertz CT molecular complexity index is 946. The highest BCUT2D eigenvalue weighted by Gasteiger charge is 2.30. The van der Waals surface area contributed by atoms with Crippen molar-refractivity contribution < 1.29 is 26.8 Å². The number of aromatic nitrogens is 2. The molecule has 0 atom stereocenters. The molecule has 136 valence electrons. The number of amides is 2. The predicted molar refractivity (Wildman–Crippen MR) is 85.6 cm³/mol. The first kappa shape index (κ1) is 17.5. The highest BCUT2D eigenvalue weighted by Crippen LogP contribution is 2.31. The van der Waals surface area contributed by atoms with E-state index >= 15 is 0 Å². The van der Waals surface area contributed by atoms with E-state index in [1.165, 1.54) is 12.1 Å². The first-order valence-corrected chi connectivity index (χ1v) is 7.38. The molecule has 0 unspecified atom stereocenters. The third-order valence-electron chi connectivity index (χ3n) is 3.36. The van der Waals surface area contributed by atoms with Crippen LogP contribution in [0.4, 0.5) is 29.7 Å². The van der Waals surface area contributed by atoms with E-state index in [9.17, 15) is 18.0 Å². The van der Waals surface area contributed by atoms with Crippen LogP contribution in [0.25, 0.3) is 11.5 Å². The maximum atomic E-state index is 12.7. The molecule has 0 radical (unpaired) electrons. The van der Waals surface area contributed by atoms with Gasteiger partial charge in [-0.15, -0.1) is 5.10 Å². The fraction of sp³-hybridized carbons (Fsp3) is 0.188. The average Bonchev–Trinajstić information content (AvgIpc) is 3.12. The number of nitrogens with one attached hydrogen (secondary N) is 2. The topological polar surface area (TPSA) is 93.2 Å². The average molecular weight is 366 g/mol. The minimum absolute atomic E-state index is 0.0293. The summed E-state index contributed by atoms with van der Waals surface area (Å²) in [6.07, 6.45) is -4.50. The number of benzene rings is 1. The number of nitrogens with zero attached hydrogens (tertiary/aromatic N) is 2. The lowest BCUT2D eigenvalue weighted by molar-refractivity contribution is -0.137. The Morgan fingerprint density at radius 3 is 2.50 bits per heavy atom. The largest absolute Gasteiger partial charge is 0.466 e. The number of aryl methyl sites for hydroxylation is 2. The number of urea groups is 1. The summed E-state index contributed by atoms with van der Waals surface area (Å²) < 4.78 is 48.7. The van der Waals surface area contributed by atoms with Crippen LogP contribution in [0, 0.1) is 13.8 Å². The van der Waals surface area contributed by atoms with Gasteiger partial charge in [0.05, 0.1) is 11.1 Å². The number of furan rings is 1. The summed E-state index contributed by atoms with van der Waals surface area (Å²) in [7, 11) is 0. The van der Waals surface area contributed by atoms with E-state index in [1.807, 2.05) is 0 Å². The number of hydrogen-bond acceptors (Lipinski definition) is 5. The molecule has 26 heavy (non-hydrogen) atoms. The van der Waals surface area contributed by atoms with Crippen molar-refractivity contribution in [3.63, 3.8) is 0 Å². The van der Waals surface area contributed by atoms with Crippen molar-refractivity contribution in [3.8, 4) is 11.5 Å². The number of alkyl halides is 3. The van der Waals surface area contributed by atoms with Crippen LogP contribution in [0.15, 0.2) is 39.2 Å². The Morgan fingerprint density at radius 1 is 1.08 bits per heavy atom. The molecule has 0 saturated carbocycles. The zero-order chi connectivity index (χ0) is 18.9. The molecule has 2 aromatic heterocycles. The van der Waals surface area contributed by atoms with E-state index < -0.39 is 17.8 Å². The van der Waals surface area contributed by atoms with Crippen LogP contribution in [0.5, 0.6) is 0 Å². The van der Waals surface area contributed by atoms with Crippen molar-refractivity contribution in [1.29, 1.82) is 0 Å². The van der Waals surface area contributed by atoms with Gasteiger partial charge in [-0.25, -0.2) is 4.79 Å². The second-order valence-corrected chi connectivity index (χ2v) is 5.40. The second-order valence-electron chi connectivity index (χ2n) is 5.40. The van der Waals surface area contributed by atoms with Crippen LogP contribution in [0.1, 0.15) is 17.1 Å². The molecule has 0 aliphatic carbocycles. The van der Waals surface area contributed by atoms with Gasteiger partial charge in [-0.05, 0) is 38.1 Å². The third-order valence-corrected chi connectivity index (χ3v) is 3.36. The molecular weight excluding hydrogens is 353 g/mol. The third kappa shape index (κ3) is 3.85. The Balaban J connectivity index is 1.69. The van der Waals surface area contributed by atoms with Gasteiger partial charge in [0.1, 0.15) is 11.5 Å². The molecule has 3 rings (SSSR count). The second kappa shape index (κ2) is 6.54. The molecular formula is C16H13F3N4O3. The molecule has 1 aromatic carbocycles. The standard InChI is InChI=1S/C16H13F3N4O3/c1-8-6-12(9(2)25-8)13-22-23-15(26-13)21-14(24)20-11-5-3-4-10(7-11)16(17,18)19/h3-7H,1-2H3,(H2,20,21,23,24). The number of halogens is 3. The van der Waals surface area contributed by atoms with Gasteiger partial charge in [0, 0.05) is 5.69 Å². The van der Waals surface area contributed by atoms with Crippen LogP contribution in [0.3, 0.4) is 0 Å². The first-order valence-electron chi connectivity index (χ1n) is 7.38. The summed E-state index contributed by atoms with van der Waals surface area (Å²) in [6, 6.07) is 4.91. The molecule has 0 spiro atoms. The van der Waals surface area contributed by atoms with Gasteiger partial charge >= 0.3 is 18.2 Å². The minimum Gasteiger partial charge on any atom is -0.466 e. The van der Waals surface area contributed by atoms with Crippen molar-refractivity contribution in [2.75, 3.05) is 10.6 Å². The summed E-state index contributed by atoms with van der Waals surface area (Å²) in [4.78, 5) is 11.9. The van der Waals surface area contributed by atoms with Crippen LogP contribution in [0.2, 0.25) is 0 Å². The molecule has 2 amide bonds. The van der Waals surface area contributed by atoms with Gasteiger partial charge in [0.15, 0.2) is 0 Å². The van der Waals surface area contributed by atoms with Gasteiger partial charge in [-0.1, -0.05) is 11.2 Å². The highest BCUT2D eigenvalue weighted by molar-refractivity contribution is 5.98. The van der Waals surface area contributed by atoms with Gasteiger partial charge < -0.3 is 14.2 Å². The lowest BCUT2D eigenvalue weighted by atomic mass is 10.2. The smallest absolute Gasteiger partial charge is 0.416 e. The zero-order valence-electron chi connectivity index (χ0n) is 13.6. The fourth-order valence-corrected chi connectivity index (χ4v) is 2.26. The fourth-order valence-electron chi connectivity index (χ4n) is 2.26. The lowest BCUT2D eigenvalue weighted by Gasteiger charge is -2.09. The minimum atomic E-state index is -4.50. The number of hydrogen-bond donors (Lipinski definition) is 2. The summed E-state index contributed by atoms with van der Waals surface area (Å²) in [5, 5.41) is 12.0. The number of rotatable bonds is 3. The Morgan fingerprint density at radius 2 is 1.85 bits per heavy atom. The normalized spacial score (nSPS) is 11.4. The molecule has 0 bridgehead atoms. The van der Waals surface area contributed by atoms with Crippen molar-refractivity contribution in [2.24, 2.45) is 0 Å².